The number of unbranched alkanes of at least 4 members (excludes halogenated alkanes) is 1. The summed E-state index contributed by atoms with van der Waals surface area (Å²) in [7, 11) is 3.33. The summed E-state index contributed by atoms with van der Waals surface area (Å²) in [6.45, 7) is 2.56. The number of nitrogens with zero attached hydrogens (tertiary/aromatic N) is 3. The van der Waals surface area contributed by atoms with E-state index in [1.54, 1.807) is 14.2 Å². The molecule has 0 fully saturated rings. The first-order valence-electron chi connectivity index (χ1n) is 18.5. The van der Waals surface area contributed by atoms with Crippen LogP contribution in [0.5, 0.6) is 11.5 Å². The fourth-order valence-corrected chi connectivity index (χ4v) is 7.23. The molecular formula is C45H43Cl2N5O3. The van der Waals surface area contributed by atoms with Crippen LogP contribution in [-0.2, 0) is 4.79 Å². The van der Waals surface area contributed by atoms with Crippen LogP contribution in [0.4, 0.5) is 11.4 Å². The number of hydrogen-bond acceptors (Lipinski definition) is 7. The molecule has 1 aliphatic carbocycles. The highest BCUT2D eigenvalue weighted by Gasteiger charge is 2.18. The van der Waals surface area contributed by atoms with Gasteiger partial charge in [-0.2, -0.15) is 0 Å². The van der Waals surface area contributed by atoms with Crippen LogP contribution < -0.4 is 20.1 Å². The summed E-state index contributed by atoms with van der Waals surface area (Å²) < 4.78 is 11.1. The van der Waals surface area contributed by atoms with Gasteiger partial charge in [0, 0.05) is 63.3 Å². The van der Waals surface area contributed by atoms with Gasteiger partial charge in [-0.25, -0.2) is 9.97 Å². The van der Waals surface area contributed by atoms with Gasteiger partial charge in [-0.1, -0.05) is 53.6 Å². The van der Waals surface area contributed by atoms with E-state index in [1.807, 2.05) is 108 Å². The van der Waals surface area contributed by atoms with Crippen LogP contribution in [0.3, 0.4) is 0 Å². The summed E-state index contributed by atoms with van der Waals surface area (Å²) in [5, 5.41) is 12.6. The molecule has 0 aliphatic heterocycles. The van der Waals surface area contributed by atoms with E-state index in [1.165, 1.54) is 0 Å². The zero-order valence-corrected chi connectivity index (χ0v) is 32.5. The Morgan fingerprint density at radius 2 is 1.22 bits per heavy atom. The number of amides is 1. The maximum atomic E-state index is 14.1. The van der Waals surface area contributed by atoms with Crippen LogP contribution >= 0.6 is 23.2 Å². The molecule has 0 spiro atoms. The Bertz CT molecular complexity index is 2490. The third-order valence-corrected chi connectivity index (χ3v) is 10.2. The van der Waals surface area contributed by atoms with Crippen molar-refractivity contribution in [1.82, 2.24) is 14.9 Å². The van der Waals surface area contributed by atoms with Crippen molar-refractivity contribution >= 4 is 84.1 Å². The van der Waals surface area contributed by atoms with Crippen LogP contribution in [0.15, 0.2) is 121 Å². The number of fused-ring (bicyclic) bond motifs is 4. The Kier molecular flexibility index (Phi) is 12.2. The molecule has 1 amide bonds. The second kappa shape index (κ2) is 17.7. The molecule has 0 bridgehead atoms. The maximum absolute atomic E-state index is 14.1. The fraction of sp³-hybridized carbons (Fsp3) is 0.222. The van der Waals surface area contributed by atoms with E-state index < -0.39 is 0 Å². The number of aromatic nitrogens is 2. The molecule has 1 aliphatic rings. The van der Waals surface area contributed by atoms with Gasteiger partial charge in [0.15, 0.2) is 0 Å². The van der Waals surface area contributed by atoms with E-state index in [9.17, 15) is 4.79 Å². The molecule has 0 unspecified atom stereocenters. The van der Waals surface area contributed by atoms with Crippen molar-refractivity contribution < 1.29 is 14.3 Å². The molecule has 7 rings (SSSR count). The number of rotatable bonds is 14. The lowest BCUT2D eigenvalue weighted by Crippen LogP contribution is -2.34. The van der Waals surface area contributed by atoms with Crippen LogP contribution in [0.2, 0.25) is 10.0 Å². The number of allylic oxidation sites excluding steroid dienone is 6. The first kappa shape index (κ1) is 37.7. The fourth-order valence-electron chi connectivity index (χ4n) is 6.89. The van der Waals surface area contributed by atoms with Gasteiger partial charge in [0.2, 0.25) is 0 Å². The first-order chi connectivity index (χ1) is 26.9. The molecule has 2 heterocycles. The van der Waals surface area contributed by atoms with Crippen molar-refractivity contribution in [3.05, 3.63) is 131 Å². The minimum atomic E-state index is 0.0124. The van der Waals surface area contributed by atoms with Gasteiger partial charge in [-0.05, 0) is 111 Å². The second-order valence-electron chi connectivity index (χ2n) is 13.3. The second-order valence-corrected chi connectivity index (χ2v) is 14.2. The number of nitrogens with one attached hydrogen (secondary N) is 2. The highest BCUT2D eigenvalue weighted by Crippen LogP contribution is 2.36. The van der Waals surface area contributed by atoms with E-state index >= 15 is 0 Å². The zero-order valence-electron chi connectivity index (χ0n) is 30.9. The van der Waals surface area contributed by atoms with Gasteiger partial charge >= 0.3 is 0 Å². The Labute approximate surface area is 331 Å². The van der Waals surface area contributed by atoms with Crippen LogP contribution in [0, 0.1) is 0 Å². The molecule has 10 heteroatoms. The van der Waals surface area contributed by atoms with E-state index in [-0.39, 0.29) is 5.91 Å². The molecule has 0 radical (unpaired) electrons. The third-order valence-electron chi connectivity index (χ3n) is 9.69. The maximum Gasteiger partial charge on any atom is 0.253 e. The largest absolute Gasteiger partial charge is 0.497 e. The number of hydrogen-bond donors (Lipinski definition) is 2. The smallest absolute Gasteiger partial charge is 0.253 e. The normalized spacial score (nSPS) is 15.5. The number of methoxy groups -OCH3 is 2. The van der Waals surface area contributed by atoms with Crippen LogP contribution in [-0.4, -0.2) is 61.2 Å². The molecule has 2 aromatic heterocycles. The van der Waals surface area contributed by atoms with Crippen molar-refractivity contribution in [2.45, 2.75) is 25.7 Å². The topological polar surface area (TPSA) is 88.6 Å². The zero-order chi connectivity index (χ0) is 38.1. The molecule has 6 aromatic rings. The lowest BCUT2D eigenvalue weighted by atomic mass is 10.1. The van der Waals surface area contributed by atoms with E-state index in [2.05, 4.69) is 22.8 Å². The number of benzene rings is 4. The van der Waals surface area contributed by atoms with Gasteiger partial charge in [0.25, 0.3) is 5.91 Å². The molecule has 280 valence electrons. The number of ether oxygens (including phenoxy) is 2. The monoisotopic (exact) mass is 771 g/mol. The predicted molar refractivity (Wildman–Crippen MR) is 229 cm³/mol. The molecule has 0 atom stereocenters. The first-order valence-corrected chi connectivity index (χ1v) is 19.3. The van der Waals surface area contributed by atoms with Gasteiger partial charge in [0.05, 0.1) is 47.7 Å². The summed E-state index contributed by atoms with van der Waals surface area (Å²) in [4.78, 5) is 25.8. The summed E-state index contributed by atoms with van der Waals surface area (Å²) in [6, 6.07) is 23.3. The SMILES string of the molecule is COc1ccc2nc3cc(Cl)ccc3c(NCCCCN(CCCNc3c4ccc(Cl)cc4nc4ccc(OC)cc34)C(=O)C3=C/C=C\C/C=C\C=C\3)c2c1. The molecule has 2 N–H and O–H groups in total. The van der Waals surface area contributed by atoms with Crippen molar-refractivity contribution in [2.24, 2.45) is 0 Å². The lowest BCUT2D eigenvalue weighted by molar-refractivity contribution is -0.126. The highest BCUT2D eigenvalue weighted by molar-refractivity contribution is 6.32. The van der Waals surface area contributed by atoms with E-state index in [0.29, 0.717) is 41.8 Å². The number of pyridine rings is 2. The molecular weight excluding hydrogens is 729 g/mol. The average molecular weight is 773 g/mol. The van der Waals surface area contributed by atoms with Crippen molar-refractivity contribution in [3.8, 4) is 11.5 Å². The Balaban J connectivity index is 1.07. The number of carbonyl (C=O) groups is 1. The van der Waals surface area contributed by atoms with Crippen LogP contribution in [0.1, 0.15) is 25.7 Å². The average Bonchev–Trinajstić information content (AvgIpc) is 3.34. The molecule has 4 aromatic carbocycles. The molecule has 0 saturated carbocycles. The van der Waals surface area contributed by atoms with Crippen molar-refractivity contribution in [1.29, 1.82) is 0 Å². The minimum Gasteiger partial charge on any atom is -0.497 e. The summed E-state index contributed by atoms with van der Waals surface area (Å²) >= 11 is 12.7. The Morgan fingerprint density at radius 3 is 1.82 bits per heavy atom. The summed E-state index contributed by atoms with van der Waals surface area (Å²) in [5.41, 5.74) is 5.97. The lowest BCUT2D eigenvalue weighted by Gasteiger charge is -2.24. The van der Waals surface area contributed by atoms with E-state index in [0.717, 1.165) is 92.2 Å². The Hall–Kier alpha value is -5.57. The van der Waals surface area contributed by atoms with Crippen molar-refractivity contribution in [3.63, 3.8) is 0 Å². The van der Waals surface area contributed by atoms with Gasteiger partial charge < -0.3 is 25.0 Å². The van der Waals surface area contributed by atoms with Gasteiger partial charge in [-0.15, -0.1) is 0 Å². The summed E-state index contributed by atoms with van der Waals surface area (Å²) in [6.07, 6.45) is 17.0. The van der Waals surface area contributed by atoms with E-state index in [4.69, 9.17) is 42.6 Å². The molecule has 8 nitrogen and oxygen atoms in total. The van der Waals surface area contributed by atoms with Gasteiger partial charge in [0.1, 0.15) is 11.5 Å². The highest BCUT2D eigenvalue weighted by atomic mass is 35.5. The Morgan fingerprint density at radius 1 is 0.655 bits per heavy atom. The molecule has 55 heavy (non-hydrogen) atoms. The number of carbonyl (C=O) groups excluding carboxylic acids is 1. The van der Waals surface area contributed by atoms with Crippen LogP contribution in [0.25, 0.3) is 43.6 Å². The van der Waals surface area contributed by atoms with Gasteiger partial charge in [-0.3, -0.25) is 4.79 Å². The summed E-state index contributed by atoms with van der Waals surface area (Å²) in [5.74, 6) is 1.53. The minimum absolute atomic E-state index is 0.0124. The predicted octanol–water partition coefficient (Wildman–Crippen LogP) is 10.9. The quantitative estimate of drug-likeness (QED) is 0.0842. The number of anilines is 2. The molecule has 0 saturated heterocycles. The third kappa shape index (κ3) is 8.88. The standard InChI is InChI=1S/C45H43Cl2N5O3/c1-54-33-16-20-39-37(28-33)43(35-18-14-31(46)26-41(35)50-39)48-22-9-10-24-52(45(53)30-12-7-5-3-4-6-8-13-30)25-11-23-49-44-36-19-15-32(47)27-42(36)51-40-21-17-34(55-2)29-38(40)44/h3,5-8,12-21,26-29H,4,9-11,22-25H2,1-2H3,(H,48,50)(H,49,51)/b5-3-,8-6-,12-7+,30-13+. The van der Waals surface area contributed by atoms with Crippen molar-refractivity contribution in [2.75, 3.05) is 51.0 Å². The number of halogens is 2.